The first-order valence-electron chi connectivity index (χ1n) is 6.26. The molecule has 2 rings (SSSR count). The van der Waals surface area contributed by atoms with Gasteiger partial charge < -0.3 is 11.1 Å². The van der Waals surface area contributed by atoms with Crippen LogP contribution in [0.25, 0.3) is 0 Å². The maximum absolute atomic E-state index is 13.0. The van der Waals surface area contributed by atoms with Crippen LogP contribution in [0, 0.1) is 0 Å². The van der Waals surface area contributed by atoms with Gasteiger partial charge in [-0.25, -0.2) is 0 Å². The lowest BCUT2D eigenvalue weighted by molar-refractivity contribution is -0.137. The summed E-state index contributed by atoms with van der Waals surface area (Å²) < 4.78 is 39.6. The number of halogens is 4. The van der Waals surface area contributed by atoms with Gasteiger partial charge in [-0.3, -0.25) is 0 Å². The Morgan fingerprint density at radius 3 is 2.29 bits per heavy atom. The van der Waals surface area contributed by atoms with Gasteiger partial charge in [0.15, 0.2) is 0 Å². The van der Waals surface area contributed by atoms with Crippen molar-refractivity contribution in [3.05, 3.63) is 58.1 Å². The van der Waals surface area contributed by atoms with Crippen molar-refractivity contribution >= 4 is 27.3 Å². The summed E-state index contributed by atoms with van der Waals surface area (Å²) in [5, 5.41) is 2.90. The van der Waals surface area contributed by atoms with Crippen LogP contribution in [0.15, 0.2) is 46.9 Å². The lowest BCUT2D eigenvalue weighted by Gasteiger charge is -2.20. The van der Waals surface area contributed by atoms with Gasteiger partial charge in [0, 0.05) is 21.9 Å². The van der Waals surface area contributed by atoms with Crippen molar-refractivity contribution < 1.29 is 13.2 Å². The lowest BCUT2D eigenvalue weighted by atomic mass is 10.1. The van der Waals surface area contributed by atoms with Crippen molar-refractivity contribution in [3.8, 4) is 0 Å². The van der Waals surface area contributed by atoms with E-state index in [1.165, 1.54) is 12.1 Å². The van der Waals surface area contributed by atoms with Gasteiger partial charge in [0.05, 0.1) is 5.56 Å². The van der Waals surface area contributed by atoms with Crippen LogP contribution in [-0.4, -0.2) is 0 Å². The largest absolute Gasteiger partial charge is 0.418 e. The summed E-state index contributed by atoms with van der Waals surface area (Å²) in [6.45, 7) is 1.80. The first-order valence-corrected chi connectivity index (χ1v) is 7.05. The van der Waals surface area contributed by atoms with Crippen molar-refractivity contribution in [2.75, 3.05) is 11.1 Å². The maximum atomic E-state index is 13.0. The molecule has 0 spiro atoms. The van der Waals surface area contributed by atoms with Crippen molar-refractivity contribution in [1.82, 2.24) is 0 Å². The van der Waals surface area contributed by atoms with E-state index in [0.717, 1.165) is 11.6 Å². The standard InChI is InChI=1S/C15H14BrF3N2/c1-9(10-2-5-12(20)6-3-10)21-14-8-11(16)4-7-13(14)15(17,18)19/h2-9,21H,20H2,1H3. The Balaban J connectivity index is 2.30. The highest BCUT2D eigenvalue weighted by Gasteiger charge is 2.33. The quantitative estimate of drug-likeness (QED) is 0.737. The van der Waals surface area contributed by atoms with E-state index in [-0.39, 0.29) is 11.7 Å². The van der Waals surface area contributed by atoms with E-state index in [0.29, 0.717) is 10.2 Å². The molecule has 0 bridgehead atoms. The Labute approximate surface area is 129 Å². The van der Waals surface area contributed by atoms with E-state index in [1.54, 1.807) is 31.2 Å². The molecule has 0 saturated carbocycles. The van der Waals surface area contributed by atoms with E-state index in [1.807, 2.05) is 0 Å². The van der Waals surface area contributed by atoms with Crippen molar-refractivity contribution in [2.45, 2.75) is 19.1 Å². The van der Waals surface area contributed by atoms with Gasteiger partial charge in [0.1, 0.15) is 0 Å². The Morgan fingerprint density at radius 2 is 1.71 bits per heavy atom. The van der Waals surface area contributed by atoms with E-state index >= 15 is 0 Å². The molecule has 112 valence electrons. The summed E-state index contributed by atoms with van der Waals surface area (Å²) in [6, 6.07) is 10.6. The highest BCUT2D eigenvalue weighted by molar-refractivity contribution is 9.10. The summed E-state index contributed by atoms with van der Waals surface area (Å²) in [5.41, 5.74) is 6.43. The molecule has 3 N–H and O–H groups in total. The fourth-order valence-corrected chi connectivity index (χ4v) is 2.35. The predicted molar refractivity (Wildman–Crippen MR) is 82.0 cm³/mol. The second-order valence-corrected chi connectivity index (χ2v) is 5.64. The van der Waals surface area contributed by atoms with Gasteiger partial charge in [-0.1, -0.05) is 28.1 Å². The fourth-order valence-electron chi connectivity index (χ4n) is 1.98. The number of nitrogens with one attached hydrogen (secondary N) is 1. The topological polar surface area (TPSA) is 38.0 Å². The zero-order valence-corrected chi connectivity index (χ0v) is 12.8. The van der Waals surface area contributed by atoms with E-state index < -0.39 is 11.7 Å². The van der Waals surface area contributed by atoms with Crippen LogP contribution >= 0.6 is 15.9 Å². The molecule has 0 aliphatic carbocycles. The Morgan fingerprint density at radius 1 is 1.10 bits per heavy atom. The molecule has 0 heterocycles. The second-order valence-electron chi connectivity index (χ2n) is 4.72. The molecule has 0 aliphatic heterocycles. The third-order valence-corrected chi connectivity index (χ3v) is 3.59. The number of nitrogens with two attached hydrogens (primary N) is 1. The van der Waals surface area contributed by atoms with Gasteiger partial charge >= 0.3 is 6.18 Å². The molecular formula is C15H14BrF3N2. The van der Waals surface area contributed by atoms with Gasteiger partial charge in [-0.2, -0.15) is 13.2 Å². The van der Waals surface area contributed by atoms with Gasteiger partial charge in [0.2, 0.25) is 0 Å². The van der Waals surface area contributed by atoms with Crippen molar-refractivity contribution in [1.29, 1.82) is 0 Å². The summed E-state index contributed by atoms with van der Waals surface area (Å²) >= 11 is 3.19. The molecule has 0 fully saturated rings. The minimum Gasteiger partial charge on any atom is -0.399 e. The predicted octanol–water partition coefficient (Wildman–Crippen LogP) is 5.22. The molecule has 2 aromatic rings. The number of hydrogen-bond donors (Lipinski definition) is 2. The number of anilines is 2. The van der Waals surface area contributed by atoms with Crippen LogP contribution < -0.4 is 11.1 Å². The Bertz CT molecular complexity index is 624. The summed E-state index contributed by atoms with van der Waals surface area (Å²) in [5.74, 6) is 0. The molecule has 0 aromatic heterocycles. The van der Waals surface area contributed by atoms with Crippen LogP contribution in [0.4, 0.5) is 24.5 Å². The highest BCUT2D eigenvalue weighted by atomic mass is 79.9. The third-order valence-electron chi connectivity index (χ3n) is 3.10. The molecule has 2 aromatic carbocycles. The van der Waals surface area contributed by atoms with Gasteiger partial charge in [0.25, 0.3) is 0 Å². The molecule has 6 heteroatoms. The number of nitrogen functional groups attached to an aromatic ring is 1. The van der Waals surface area contributed by atoms with Crippen LogP contribution in [-0.2, 0) is 6.18 Å². The first-order chi connectivity index (χ1) is 9.77. The molecule has 0 saturated heterocycles. The van der Waals surface area contributed by atoms with E-state index in [9.17, 15) is 13.2 Å². The van der Waals surface area contributed by atoms with Crippen molar-refractivity contribution in [3.63, 3.8) is 0 Å². The monoisotopic (exact) mass is 358 g/mol. The smallest absolute Gasteiger partial charge is 0.399 e. The first kappa shape index (κ1) is 15.7. The van der Waals surface area contributed by atoms with Crippen molar-refractivity contribution in [2.24, 2.45) is 0 Å². The van der Waals surface area contributed by atoms with Crippen LogP contribution in [0.2, 0.25) is 0 Å². The van der Waals surface area contributed by atoms with Crippen LogP contribution in [0.3, 0.4) is 0 Å². The molecule has 1 atom stereocenters. The average Bonchev–Trinajstić information content (AvgIpc) is 2.38. The summed E-state index contributed by atoms with van der Waals surface area (Å²) in [4.78, 5) is 0. The Hall–Kier alpha value is -1.69. The normalized spacial score (nSPS) is 13.0. The number of alkyl halides is 3. The minimum absolute atomic E-state index is 0.0428. The van der Waals surface area contributed by atoms with Crippen LogP contribution in [0.1, 0.15) is 24.1 Å². The molecule has 0 radical (unpaired) electrons. The molecule has 0 amide bonds. The SMILES string of the molecule is CC(Nc1cc(Br)ccc1C(F)(F)F)c1ccc(N)cc1. The zero-order valence-electron chi connectivity index (χ0n) is 11.2. The second kappa shape index (κ2) is 5.97. The molecule has 0 aliphatic rings. The molecule has 21 heavy (non-hydrogen) atoms. The molecule has 2 nitrogen and oxygen atoms in total. The number of rotatable bonds is 3. The van der Waals surface area contributed by atoms with E-state index in [4.69, 9.17) is 5.73 Å². The fraction of sp³-hybridized carbons (Fsp3) is 0.200. The average molecular weight is 359 g/mol. The van der Waals surface area contributed by atoms with E-state index in [2.05, 4.69) is 21.2 Å². The maximum Gasteiger partial charge on any atom is 0.418 e. The highest BCUT2D eigenvalue weighted by Crippen LogP contribution is 2.37. The Kier molecular flexibility index (Phi) is 4.46. The zero-order chi connectivity index (χ0) is 15.6. The third kappa shape index (κ3) is 3.91. The summed E-state index contributed by atoms with van der Waals surface area (Å²) in [7, 11) is 0. The van der Waals surface area contributed by atoms with Gasteiger partial charge in [-0.15, -0.1) is 0 Å². The minimum atomic E-state index is -4.40. The number of hydrogen-bond acceptors (Lipinski definition) is 2. The van der Waals surface area contributed by atoms with Crippen LogP contribution in [0.5, 0.6) is 0 Å². The van der Waals surface area contributed by atoms with Gasteiger partial charge in [-0.05, 0) is 42.8 Å². The number of benzene rings is 2. The molecule has 1 unspecified atom stereocenters. The summed E-state index contributed by atoms with van der Waals surface area (Å²) in [6.07, 6.45) is -4.40. The molecular weight excluding hydrogens is 345 g/mol. The lowest BCUT2D eigenvalue weighted by Crippen LogP contribution is -2.13.